The summed E-state index contributed by atoms with van der Waals surface area (Å²) < 4.78 is 0. The molecule has 0 aromatic heterocycles. The molecular weight excluding hydrogens is 232 g/mol. The van der Waals surface area contributed by atoms with Crippen molar-refractivity contribution in [3.8, 4) is 0 Å². The standard InChI is InChI=1S/C10H11ClN2O3/c11-7-1-2-9(13(15)16)10(5-7)12-4-3-8(14)6-12/h1-2,5,8,14H,3-4,6H2/t8-/m0/s1. The van der Waals surface area contributed by atoms with Crippen LogP contribution in [0.15, 0.2) is 18.2 Å². The fraction of sp³-hybridized carbons (Fsp3) is 0.400. The van der Waals surface area contributed by atoms with Crippen molar-refractivity contribution in [2.45, 2.75) is 12.5 Å². The maximum absolute atomic E-state index is 10.8. The number of aliphatic hydroxyl groups excluding tert-OH is 1. The summed E-state index contributed by atoms with van der Waals surface area (Å²) in [6.07, 6.45) is 0.211. The van der Waals surface area contributed by atoms with E-state index < -0.39 is 11.0 Å². The average molecular weight is 243 g/mol. The number of hydrogen-bond acceptors (Lipinski definition) is 4. The second-order valence-corrected chi connectivity index (χ2v) is 4.22. The summed E-state index contributed by atoms with van der Waals surface area (Å²) in [6, 6.07) is 4.45. The first-order valence-corrected chi connectivity index (χ1v) is 5.32. The van der Waals surface area contributed by atoms with E-state index in [0.29, 0.717) is 30.2 Å². The van der Waals surface area contributed by atoms with Gasteiger partial charge in [0.2, 0.25) is 0 Å². The lowest BCUT2D eigenvalue weighted by Crippen LogP contribution is -2.22. The first-order chi connectivity index (χ1) is 7.58. The van der Waals surface area contributed by atoms with E-state index in [1.165, 1.54) is 12.1 Å². The molecule has 1 aliphatic rings. The molecule has 0 amide bonds. The van der Waals surface area contributed by atoms with Gasteiger partial charge >= 0.3 is 0 Å². The van der Waals surface area contributed by atoms with E-state index in [4.69, 9.17) is 11.6 Å². The number of anilines is 1. The molecule has 16 heavy (non-hydrogen) atoms. The number of aliphatic hydroxyl groups is 1. The lowest BCUT2D eigenvalue weighted by Gasteiger charge is -2.17. The molecule has 0 spiro atoms. The normalized spacial score (nSPS) is 20.1. The molecule has 0 unspecified atom stereocenters. The molecule has 1 N–H and O–H groups in total. The van der Waals surface area contributed by atoms with Crippen molar-refractivity contribution in [2.24, 2.45) is 0 Å². The minimum absolute atomic E-state index is 0.0264. The Kier molecular flexibility index (Phi) is 2.98. The summed E-state index contributed by atoms with van der Waals surface area (Å²) in [7, 11) is 0. The summed E-state index contributed by atoms with van der Waals surface area (Å²) in [5.41, 5.74) is 0.507. The fourth-order valence-corrected chi connectivity index (χ4v) is 2.03. The van der Waals surface area contributed by atoms with Crippen molar-refractivity contribution in [3.63, 3.8) is 0 Å². The van der Waals surface area contributed by atoms with E-state index in [1.54, 1.807) is 11.0 Å². The Hall–Kier alpha value is -1.33. The quantitative estimate of drug-likeness (QED) is 0.635. The van der Waals surface area contributed by atoms with E-state index in [2.05, 4.69) is 0 Å². The Balaban J connectivity index is 2.37. The van der Waals surface area contributed by atoms with Crippen molar-refractivity contribution in [1.29, 1.82) is 0 Å². The number of nitro groups is 1. The lowest BCUT2D eigenvalue weighted by molar-refractivity contribution is -0.384. The molecule has 1 aromatic carbocycles. The third-order valence-electron chi connectivity index (χ3n) is 2.64. The van der Waals surface area contributed by atoms with Crippen molar-refractivity contribution >= 4 is 23.0 Å². The molecule has 0 aliphatic carbocycles. The molecule has 0 saturated carbocycles. The number of benzene rings is 1. The number of hydrogen-bond donors (Lipinski definition) is 1. The Morgan fingerprint density at radius 2 is 2.31 bits per heavy atom. The molecular formula is C10H11ClN2O3. The van der Waals surface area contributed by atoms with Crippen LogP contribution in [0.1, 0.15) is 6.42 Å². The van der Waals surface area contributed by atoms with Crippen LogP contribution in [0.25, 0.3) is 0 Å². The molecule has 6 heteroatoms. The largest absolute Gasteiger partial charge is 0.391 e. The van der Waals surface area contributed by atoms with Crippen molar-refractivity contribution in [2.75, 3.05) is 18.0 Å². The topological polar surface area (TPSA) is 66.6 Å². The van der Waals surface area contributed by atoms with Crippen molar-refractivity contribution in [3.05, 3.63) is 33.3 Å². The summed E-state index contributed by atoms with van der Waals surface area (Å²) in [4.78, 5) is 12.2. The van der Waals surface area contributed by atoms with Crippen molar-refractivity contribution in [1.82, 2.24) is 0 Å². The van der Waals surface area contributed by atoms with E-state index in [1.807, 2.05) is 0 Å². The van der Waals surface area contributed by atoms with Gasteiger partial charge in [-0.2, -0.15) is 0 Å². The van der Waals surface area contributed by atoms with Crippen LogP contribution < -0.4 is 4.90 Å². The van der Waals surface area contributed by atoms with E-state index in [9.17, 15) is 15.2 Å². The lowest BCUT2D eigenvalue weighted by atomic mass is 10.2. The molecule has 5 nitrogen and oxygen atoms in total. The monoisotopic (exact) mass is 242 g/mol. The average Bonchev–Trinajstić information content (AvgIpc) is 2.64. The van der Waals surface area contributed by atoms with Gasteiger partial charge in [-0.3, -0.25) is 10.1 Å². The molecule has 1 aliphatic heterocycles. The van der Waals surface area contributed by atoms with Gasteiger partial charge < -0.3 is 10.0 Å². The van der Waals surface area contributed by atoms with Crippen LogP contribution in [0.5, 0.6) is 0 Å². The second kappa shape index (κ2) is 4.27. The van der Waals surface area contributed by atoms with Gasteiger partial charge in [0.15, 0.2) is 0 Å². The predicted molar refractivity (Wildman–Crippen MR) is 60.9 cm³/mol. The van der Waals surface area contributed by atoms with Gasteiger partial charge in [-0.05, 0) is 18.6 Å². The van der Waals surface area contributed by atoms with Crippen molar-refractivity contribution < 1.29 is 10.0 Å². The van der Waals surface area contributed by atoms with Crippen LogP contribution in [0.2, 0.25) is 5.02 Å². The predicted octanol–water partition coefficient (Wildman–Crippen LogP) is 1.82. The number of rotatable bonds is 2. The molecule has 1 saturated heterocycles. The van der Waals surface area contributed by atoms with Gasteiger partial charge in [0, 0.05) is 24.2 Å². The maximum Gasteiger partial charge on any atom is 0.292 e. The highest BCUT2D eigenvalue weighted by Crippen LogP contribution is 2.33. The van der Waals surface area contributed by atoms with Gasteiger partial charge in [0.05, 0.1) is 11.0 Å². The number of nitrogens with zero attached hydrogens (tertiary/aromatic N) is 2. The van der Waals surface area contributed by atoms with Crippen LogP contribution in [-0.2, 0) is 0 Å². The first-order valence-electron chi connectivity index (χ1n) is 4.95. The summed E-state index contributed by atoms with van der Waals surface area (Å²) in [5, 5.41) is 20.7. The molecule has 1 heterocycles. The Bertz CT molecular complexity index is 425. The SMILES string of the molecule is O=[N+]([O-])c1ccc(Cl)cc1N1CC[C@H](O)C1. The van der Waals surface area contributed by atoms with Crippen LogP contribution in [0.4, 0.5) is 11.4 Å². The van der Waals surface area contributed by atoms with Gasteiger partial charge in [-0.15, -0.1) is 0 Å². The minimum atomic E-state index is -0.434. The van der Waals surface area contributed by atoms with Crippen LogP contribution in [0.3, 0.4) is 0 Å². The Labute approximate surface area is 97.4 Å². The van der Waals surface area contributed by atoms with Gasteiger partial charge in [0.25, 0.3) is 5.69 Å². The van der Waals surface area contributed by atoms with Gasteiger partial charge in [-0.1, -0.05) is 11.6 Å². The molecule has 1 aromatic rings. The Morgan fingerprint density at radius 3 is 2.88 bits per heavy atom. The fourth-order valence-electron chi connectivity index (χ4n) is 1.86. The highest BCUT2D eigenvalue weighted by molar-refractivity contribution is 6.31. The number of halogens is 1. The van der Waals surface area contributed by atoms with E-state index in [0.717, 1.165) is 0 Å². The highest BCUT2D eigenvalue weighted by atomic mass is 35.5. The van der Waals surface area contributed by atoms with Gasteiger partial charge in [0.1, 0.15) is 5.69 Å². The minimum Gasteiger partial charge on any atom is -0.391 e. The molecule has 0 bridgehead atoms. The number of nitro benzene ring substituents is 1. The second-order valence-electron chi connectivity index (χ2n) is 3.78. The summed E-state index contributed by atoms with van der Waals surface area (Å²) >= 11 is 5.82. The van der Waals surface area contributed by atoms with E-state index in [-0.39, 0.29) is 5.69 Å². The van der Waals surface area contributed by atoms with Gasteiger partial charge in [-0.25, -0.2) is 0 Å². The van der Waals surface area contributed by atoms with Crippen LogP contribution in [0, 0.1) is 10.1 Å². The molecule has 1 atom stereocenters. The molecule has 0 radical (unpaired) electrons. The summed E-state index contributed by atoms with van der Waals surface area (Å²) in [6.45, 7) is 1.03. The number of β-amino-alcohol motifs (C(OH)–C–C–N with tert-alkyl or cyclic N) is 1. The zero-order valence-electron chi connectivity index (χ0n) is 8.47. The summed E-state index contributed by atoms with van der Waals surface area (Å²) in [5.74, 6) is 0. The van der Waals surface area contributed by atoms with Crippen LogP contribution in [-0.4, -0.2) is 29.2 Å². The first kappa shape index (κ1) is 11.2. The van der Waals surface area contributed by atoms with Crippen LogP contribution >= 0.6 is 11.6 Å². The molecule has 86 valence electrons. The molecule has 1 fully saturated rings. The third kappa shape index (κ3) is 2.10. The Morgan fingerprint density at radius 1 is 1.56 bits per heavy atom. The van der Waals surface area contributed by atoms with E-state index >= 15 is 0 Å². The smallest absolute Gasteiger partial charge is 0.292 e. The third-order valence-corrected chi connectivity index (χ3v) is 2.87. The highest BCUT2D eigenvalue weighted by Gasteiger charge is 2.26. The maximum atomic E-state index is 10.8. The molecule has 2 rings (SSSR count). The zero-order chi connectivity index (χ0) is 11.7. The zero-order valence-corrected chi connectivity index (χ0v) is 9.22.